The molecular formula is C22H23ClN4O4S. The number of carbonyl (C=O) groups is 2. The minimum atomic E-state index is -3.44. The van der Waals surface area contributed by atoms with Gasteiger partial charge < -0.3 is 10.2 Å². The van der Waals surface area contributed by atoms with E-state index in [4.69, 9.17) is 11.6 Å². The Morgan fingerprint density at radius 1 is 1.19 bits per heavy atom. The molecule has 1 aromatic heterocycles. The molecule has 1 aliphatic rings. The maximum atomic E-state index is 12.6. The highest BCUT2D eigenvalue weighted by atomic mass is 35.5. The number of rotatable bonds is 4. The van der Waals surface area contributed by atoms with Gasteiger partial charge in [-0.2, -0.15) is 4.31 Å². The second-order valence-electron chi connectivity index (χ2n) is 7.39. The quantitative estimate of drug-likeness (QED) is 0.686. The van der Waals surface area contributed by atoms with E-state index in [9.17, 15) is 18.0 Å². The summed E-state index contributed by atoms with van der Waals surface area (Å²) < 4.78 is 25.7. The largest absolute Gasteiger partial charge is 0.322 e. The topological polar surface area (TPSA) is 99.7 Å². The molecule has 0 unspecified atom stereocenters. The van der Waals surface area contributed by atoms with Gasteiger partial charge in [-0.05, 0) is 59.9 Å². The Balaban J connectivity index is 2.05. The number of pyridine rings is 1. The van der Waals surface area contributed by atoms with E-state index in [0.29, 0.717) is 16.4 Å². The number of sulfonamides is 1. The molecule has 0 saturated carbocycles. The minimum absolute atomic E-state index is 0.100. The van der Waals surface area contributed by atoms with Gasteiger partial charge in [0.1, 0.15) is 5.82 Å². The van der Waals surface area contributed by atoms with Crippen molar-refractivity contribution >= 4 is 39.3 Å². The summed E-state index contributed by atoms with van der Waals surface area (Å²) in [6.45, 7) is 3.49. The first-order valence-corrected chi connectivity index (χ1v) is 12.0. The summed E-state index contributed by atoms with van der Waals surface area (Å²) in [6, 6.07) is 8.27. The second-order valence-corrected chi connectivity index (χ2v) is 9.81. The zero-order valence-electron chi connectivity index (χ0n) is 17.9. The fraction of sp³-hybridized carbons (Fsp3) is 0.318. The maximum absolute atomic E-state index is 12.6. The summed E-state index contributed by atoms with van der Waals surface area (Å²) in [4.78, 5) is 29.7. The standard InChI is InChI=1S/C22H23ClN4O4S/c1-4-5-22(29)27-9-8-26(32(3,30)31)14-20(27)18-10-17(11-19(23)12-18)16-6-7-24-21(13-16)25-15(2)28/h6-7,10-13,20H,8-9,14H2,1-3H3,(H,24,25,28)/t20-/m1/s1. The van der Waals surface area contributed by atoms with Crippen LogP contribution in [0.5, 0.6) is 0 Å². The van der Waals surface area contributed by atoms with Gasteiger partial charge in [0.25, 0.3) is 5.91 Å². The summed E-state index contributed by atoms with van der Waals surface area (Å²) in [6.07, 6.45) is 2.72. The van der Waals surface area contributed by atoms with Crippen LogP contribution < -0.4 is 5.32 Å². The van der Waals surface area contributed by atoms with Crippen LogP contribution in [0.15, 0.2) is 36.5 Å². The van der Waals surface area contributed by atoms with Crippen LogP contribution in [0.4, 0.5) is 5.82 Å². The lowest BCUT2D eigenvalue weighted by atomic mass is 9.97. The minimum Gasteiger partial charge on any atom is -0.322 e. The van der Waals surface area contributed by atoms with Gasteiger partial charge in [0, 0.05) is 37.8 Å². The fourth-order valence-electron chi connectivity index (χ4n) is 3.60. The van der Waals surface area contributed by atoms with Crippen molar-refractivity contribution in [2.24, 2.45) is 0 Å². The molecule has 2 heterocycles. The van der Waals surface area contributed by atoms with Crippen molar-refractivity contribution in [2.45, 2.75) is 19.9 Å². The van der Waals surface area contributed by atoms with Gasteiger partial charge >= 0.3 is 0 Å². The first kappa shape index (κ1) is 23.7. The molecule has 1 atom stereocenters. The first-order chi connectivity index (χ1) is 15.1. The number of piperazine rings is 1. The van der Waals surface area contributed by atoms with Crippen molar-refractivity contribution in [1.29, 1.82) is 0 Å². The lowest BCUT2D eigenvalue weighted by Crippen LogP contribution is -2.51. The molecule has 168 valence electrons. The number of hydrogen-bond donors (Lipinski definition) is 1. The van der Waals surface area contributed by atoms with E-state index in [1.807, 2.05) is 6.07 Å². The van der Waals surface area contributed by atoms with Crippen molar-refractivity contribution in [3.63, 3.8) is 0 Å². The van der Waals surface area contributed by atoms with Crippen LogP contribution in [-0.4, -0.2) is 60.3 Å². The first-order valence-electron chi connectivity index (χ1n) is 9.81. The van der Waals surface area contributed by atoms with Crippen molar-refractivity contribution in [3.05, 3.63) is 47.1 Å². The zero-order chi connectivity index (χ0) is 23.5. The highest BCUT2D eigenvalue weighted by Crippen LogP contribution is 2.33. The molecule has 32 heavy (non-hydrogen) atoms. The van der Waals surface area contributed by atoms with Gasteiger partial charge in [-0.25, -0.2) is 13.4 Å². The average Bonchev–Trinajstić information content (AvgIpc) is 2.72. The van der Waals surface area contributed by atoms with Gasteiger partial charge in [-0.3, -0.25) is 9.59 Å². The van der Waals surface area contributed by atoms with Gasteiger partial charge in [-0.15, -0.1) is 0 Å². The Morgan fingerprint density at radius 3 is 2.59 bits per heavy atom. The maximum Gasteiger partial charge on any atom is 0.299 e. The highest BCUT2D eigenvalue weighted by Gasteiger charge is 2.34. The van der Waals surface area contributed by atoms with Gasteiger partial charge in [-0.1, -0.05) is 17.5 Å². The van der Waals surface area contributed by atoms with Crippen molar-refractivity contribution in [1.82, 2.24) is 14.2 Å². The van der Waals surface area contributed by atoms with E-state index in [2.05, 4.69) is 22.1 Å². The van der Waals surface area contributed by atoms with Crippen LogP contribution >= 0.6 is 11.6 Å². The Bertz CT molecular complexity index is 1220. The number of nitrogens with one attached hydrogen (secondary N) is 1. The third kappa shape index (κ3) is 5.65. The molecular weight excluding hydrogens is 452 g/mol. The SMILES string of the molecule is CC#CC(=O)N1CCN(S(C)(=O)=O)C[C@@H]1c1cc(Cl)cc(-c2ccnc(NC(C)=O)c2)c1. The third-order valence-electron chi connectivity index (χ3n) is 5.01. The molecule has 3 rings (SSSR count). The number of amides is 2. The van der Waals surface area contributed by atoms with Crippen LogP contribution in [-0.2, 0) is 19.6 Å². The average molecular weight is 475 g/mol. The lowest BCUT2D eigenvalue weighted by molar-refractivity contribution is -0.129. The third-order valence-corrected chi connectivity index (χ3v) is 6.50. The van der Waals surface area contributed by atoms with Gasteiger partial charge in [0.2, 0.25) is 15.9 Å². The molecule has 1 N–H and O–H groups in total. The number of halogens is 1. The molecule has 1 fully saturated rings. The highest BCUT2D eigenvalue weighted by molar-refractivity contribution is 7.88. The molecule has 0 spiro atoms. The molecule has 0 aliphatic carbocycles. The van der Waals surface area contributed by atoms with Crippen LogP contribution in [0, 0.1) is 11.8 Å². The number of hydrogen-bond acceptors (Lipinski definition) is 5. The summed E-state index contributed by atoms with van der Waals surface area (Å²) in [5.74, 6) is 4.94. The van der Waals surface area contributed by atoms with E-state index >= 15 is 0 Å². The normalized spacial score (nSPS) is 16.8. The number of anilines is 1. The van der Waals surface area contributed by atoms with Crippen molar-refractivity contribution < 1.29 is 18.0 Å². The summed E-state index contributed by atoms with van der Waals surface area (Å²) in [5.41, 5.74) is 2.19. The Hall–Kier alpha value is -2.93. The summed E-state index contributed by atoms with van der Waals surface area (Å²) in [7, 11) is -3.44. The van der Waals surface area contributed by atoms with Crippen LogP contribution in [0.2, 0.25) is 5.02 Å². The van der Waals surface area contributed by atoms with Gasteiger partial charge in [0.05, 0.1) is 12.3 Å². The van der Waals surface area contributed by atoms with Crippen LogP contribution in [0.3, 0.4) is 0 Å². The Kier molecular flexibility index (Phi) is 7.19. The molecule has 1 saturated heterocycles. The zero-order valence-corrected chi connectivity index (χ0v) is 19.5. The summed E-state index contributed by atoms with van der Waals surface area (Å²) >= 11 is 6.41. The predicted molar refractivity (Wildman–Crippen MR) is 123 cm³/mol. The summed E-state index contributed by atoms with van der Waals surface area (Å²) in [5, 5.41) is 3.07. The van der Waals surface area contributed by atoms with Crippen molar-refractivity contribution in [3.8, 4) is 23.0 Å². The molecule has 2 aromatic rings. The van der Waals surface area contributed by atoms with Crippen LogP contribution in [0.1, 0.15) is 25.5 Å². The van der Waals surface area contributed by atoms with E-state index in [0.717, 1.165) is 17.4 Å². The van der Waals surface area contributed by atoms with Gasteiger partial charge in [0.15, 0.2) is 0 Å². The Labute approximate surface area is 192 Å². The van der Waals surface area contributed by atoms with E-state index in [1.54, 1.807) is 42.3 Å². The van der Waals surface area contributed by atoms with E-state index < -0.39 is 16.1 Å². The molecule has 10 heteroatoms. The number of aromatic nitrogens is 1. The molecule has 2 amide bonds. The van der Waals surface area contributed by atoms with Crippen LogP contribution in [0.25, 0.3) is 11.1 Å². The molecule has 8 nitrogen and oxygen atoms in total. The van der Waals surface area contributed by atoms with Crippen molar-refractivity contribution in [2.75, 3.05) is 31.2 Å². The number of nitrogens with zero attached hydrogens (tertiary/aromatic N) is 3. The fourth-order valence-corrected chi connectivity index (χ4v) is 4.67. The van der Waals surface area contributed by atoms with E-state index in [1.165, 1.54) is 11.2 Å². The molecule has 0 bridgehead atoms. The predicted octanol–water partition coefficient (Wildman–Crippen LogP) is 2.53. The number of benzene rings is 1. The Morgan fingerprint density at radius 2 is 1.94 bits per heavy atom. The molecule has 1 aromatic carbocycles. The number of carbonyl (C=O) groups excluding carboxylic acids is 2. The monoisotopic (exact) mass is 474 g/mol. The molecule has 0 radical (unpaired) electrons. The second kappa shape index (κ2) is 9.69. The smallest absolute Gasteiger partial charge is 0.299 e. The molecule has 1 aliphatic heterocycles. The van der Waals surface area contributed by atoms with E-state index in [-0.39, 0.29) is 31.4 Å². The lowest BCUT2D eigenvalue weighted by Gasteiger charge is -2.40.